The number of hydrogen-bond acceptors (Lipinski definition) is 5. The molecule has 1 N–H and O–H groups in total. The molecule has 2 aromatic carbocycles. The van der Waals surface area contributed by atoms with Crippen molar-refractivity contribution in [3.63, 3.8) is 0 Å². The van der Waals surface area contributed by atoms with Crippen LogP contribution in [-0.2, 0) is 11.2 Å². The molecule has 2 aliphatic rings. The van der Waals surface area contributed by atoms with E-state index in [9.17, 15) is 4.79 Å². The van der Waals surface area contributed by atoms with Crippen molar-refractivity contribution in [3.8, 4) is 17.1 Å². The SMILES string of the molecule is COc1cccc(CC(=O)N2CC3(CN(C)CC3c3nc(-c4ccccc4)n[nH]3)C2)c1. The summed E-state index contributed by atoms with van der Waals surface area (Å²) in [5.41, 5.74) is 2.02. The van der Waals surface area contributed by atoms with E-state index in [1.807, 2.05) is 59.5 Å². The van der Waals surface area contributed by atoms with E-state index in [1.165, 1.54) is 0 Å². The van der Waals surface area contributed by atoms with Crippen molar-refractivity contribution >= 4 is 5.91 Å². The van der Waals surface area contributed by atoms with Crippen LogP contribution < -0.4 is 4.74 Å². The van der Waals surface area contributed by atoms with Crippen LogP contribution in [0.15, 0.2) is 54.6 Å². The zero-order valence-electron chi connectivity index (χ0n) is 17.9. The molecule has 2 saturated heterocycles. The van der Waals surface area contributed by atoms with Gasteiger partial charge in [-0.1, -0.05) is 42.5 Å². The Balaban J connectivity index is 1.29. The number of likely N-dealkylation sites (tertiary alicyclic amines) is 2. The summed E-state index contributed by atoms with van der Waals surface area (Å²) in [4.78, 5) is 22.0. The summed E-state index contributed by atoms with van der Waals surface area (Å²) < 4.78 is 5.28. The van der Waals surface area contributed by atoms with Crippen LogP contribution in [0.5, 0.6) is 5.75 Å². The molecule has 31 heavy (non-hydrogen) atoms. The number of amides is 1. The highest BCUT2D eigenvalue weighted by Gasteiger charge is 2.56. The average molecular weight is 418 g/mol. The highest BCUT2D eigenvalue weighted by molar-refractivity contribution is 5.80. The largest absolute Gasteiger partial charge is 0.497 e. The third-order valence-electron chi connectivity index (χ3n) is 6.54. The van der Waals surface area contributed by atoms with Gasteiger partial charge >= 0.3 is 0 Å². The van der Waals surface area contributed by atoms with Gasteiger partial charge in [-0.3, -0.25) is 9.89 Å². The number of carbonyl (C=O) groups is 1. The molecule has 5 rings (SSSR count). The lowest BCUT2D eigenvalue weighted by Gasteiger charge is -2.50. The molecule has 7 nitrogen and oxygen atoms in total. The first-order valence-corrected chi connectivity index (χ1v) is 10.6. The molecule has 0 radical (unpaired) electrons. The van der Waals surface area contributed by atoms with E-state index < -0.39 is 0 Å². The normalized spacial score (nSPS) is 20.1. The van der Waals surface area contributed by atoms with Crippen LogP contribution in [0.2, 0.25) is 0 Å². The Kier molecular flexibility index (Phi) is 4.98. The third kappa shape index (κ3) is 3.70. The van der Waals surface area contributed by atoms with E-state index in [1.54, 1.807) is 7.11 Å². The molecule has 0 bridgehead atoms. The molecule has 3 heterocycles. The Bertz CT molecular complexity index is 1070. The minimum Gasteiger partial charge on any atom is -0.497 e. The Morgan fingerprint density at radius 1 is 1.16 bits per heavy atom. The van der Waals surface area contributed by atoms with Crippen molar-refractivity contribution in [1.29, 1.82) is 0 Å². The maximum atomic E-state index is 12.9. The molecule has 1 spiro atoms. The van der Waals surface area contributed by atoms with E-state index >= 15 is 0 Å². The Hall–Kier alpha value is -3.19. The number of methoxy groups -OCH3 is 1. The molecule has 1 unspecified atom stereocenters. The van der Waals surface area contributed by atoms with Gasteiger partial charge in [0.15, 0.2) is 5.82 Å². The summed E-state index contributed by atoms with van der Waals surface area (Å²) >= 11 is 0. The summed E-state index contributed by atoms with van der Waals surface area (Å²) in [6.07, 6.45) is 0.397. The minimum atomic E-state index is 0.0340. The first kappa shape index (κ1) is 19.8. The number of nitrogens with one attached hydrogen (secondary N) is 1. The number of nitrogens with zero attached hydrogens (tertiary/aromatic N) is 4. The molecule has 1 aromatic heterocycles. The predicted molar refractivity (Wildman–Crippen MR) is 118 cm³/mol. The van der Waals surface area contributed by atoms with E-state index in [0.29, 0.717) is 6.42 Å². The highest BCUT2D eigenvalue weighted by atomic mass is 16.5. The molecular weight excluding hydrogens is 390 g/mol. The number of ether oxygens (including phenoxy) is 1. The summed E-state index contributed by atoms with van der Waals surface area (Å²) in [6, 6.07) is 17.7. The number of hydrogen-bond donors (Lipinski definition) is 1. The maximum Gasteiger partial charge on any atom is 0.227 e. The number of likely N-dealkylation sites (N-methyl/N-ethyl adjacent to an activating group) is 1. The van der Waals surface area contributed by atoms with Crippen LogP contribution in [0.25, 0.3) is 11.4 Å². The summed E-state index contributed by atoms with van der Waals surface area (Å²) in [5, 5.41) is 7.64. The van der Waals surface area contributed by atoms with Crippen molar-refractivity contribution in [2.75, 3.05) is 40.3 Å². The van der Waals surface area contributed by atoms with Gasteiger partial charge in [0.25, 0.3) is 0 Å². The summed E-state index contributed by atoms with van der Waals surface area (Å²) in [6.45, 7) is 3.39. The van der Waals surface area contributed by atoms with Crippen LogP contribution in [0.4, 0.5) is 0 Å². The first-order valence-electron chi connectivity index (χ1n) is 10.6. The molecule has 2 aliphatic heterocycles. The Morgan fingerprint density at radius 2 is 1.97 bits per heavy atom. The number of carbonyl (C=O) groups excluding carboxylic acids is 1. The van der Waals surface area contributed by atoms with Crippen molar-refractivity contribution < 1.29 is 9.53 Å². The number of rotatable bonds is 5. The van der Waals surface area contributed by atoms with Gasteiger partial charge in [-0.15, -0.1) is 0 Å². The lowest BCUT2D eigenvalue weighted by atomic mass is 9.71. The topological polar surface area (TPSA) is 74.3 Å². The van der Waals surface area contributed by atoms with Gasteiger partial charge in [-0.05, 0) is 24.7 Å². The summed E-state index contributed by atoms with van der Waals surface area (Å²) in [7, 11) is 3.78. The fourth-order valence-corrected chi connectivity index (χ4v) is 5.02. The second kappa shape index (κ2) is 7.81. The van der Waals surface area contributed by atoms with Gasteiger partial charge in [0.2, 0.25) is 5.91 Å². The number of aromatic nitrogens is 3. The quantitative estimate of drug-likeness (QED) is 0.691. The van der Waals surface area contributed by atoms with Crippen LogP contribution in [0.3, 0.4) is 0 Å². The third-order valence-corrected chi connectivity index (χ3v) is 6.54. The molecule has 160 valence electrons. The van der Waals surface area contributed by atoms with Crippen molar-refractivity contribution in [1.82, 2.24) is 25.0 Å². The summed E-state index contributed by atoms with van der Waals surface area (Å²) in [5.74, 6) is 2.83. The zero-order chi connectivity index (χ0) is 21.4. The highest BCUT2D eigenvalue weighted by Crippen LogP contribution is 2.48. The van der Waals surface area contributed by atoms with E-state index in [-0.39, 0.29) is 17.2 Å². The van der Waals surface area contributed by atoms with Crippen molar-refractivity contribution in [2.45, 2.75) is 12.3 Å². The molecular formula is C24H27N5O2. The number of aromatic amines is 1. The van der Waals surface area contributed by atoms with Gasteiger partial charge in [0, 0.05) is 43.1 Å². The van der Waals surface area contributed by atoms with Gasteiger partial charge in [-0.25, -0.2) is 4.98 Å². The second-order valence-corrected chi connectivity index (χ2v) is 8.80. The zero-order valence-corrected chi connectivity index (χ0v) is 17.9. The second-order valence-electron chi connectivity index (χ2n) is 8.80. The lowest BCUT2D eigenvalue weighted by Crippen LogP contribution is -2.61. The van der Waals surface area contributed by atoms with Crippen LogP contribution in [-0.4, -0.2) is 71.2 Å². The van der Waals surface area contributed by atoms with Crippen molar-refractivity contribution in [2.24, 2.45) is 5.41 Å². The maximum absolute atomic E-state index is 12.9. The predicted octanol–water partition coefficient (Wildman–Crippen LogP) is 2.58. The lowest BCUT2D eigenvalue weighted by molar-refractivity contribution is -0.142. The van der Waals surface area contributed by atoms with Gasteiger partial charge < -0.3 is 14.5 Å². The molecule has 0 saturated carbocycles. The fourth-order valence-electron chi connectivity index (χ4n) is 5.02. The van der Waals surface area contributed by atoms with Gasteiger partial charge in [0.05, 0.1) is 13.5 Å². The molecule has 7 heteroatoms. The van der Waals surface area contributed by atoms with E-state index in [0.717, 1.165) is 54.7 Å². The van der Waals surface area contributed by atoms with E-state index in [2.05, 4.69) is 22.1 Å². The van der Waals surface area contributed by atoms with Crippen LogP contribution >= 0.6 is 0 Å². The minimum absolute atomic E-state index is 0.0340. The molecule has 1 amide bonds. The Morgan fingerprint density at radius 3 is 2.74 bits per heavy atom. The van der Waals surface area contributed by atoms with Gasteiger partial charge in [-0.2, -0.15) is 5.10 Å². The first-order chi connectivity index (χ1) is 15.1. The number of benzene rings is 2. The molecule has 0 aliphatic carbocycles. The van der Waals surface area contributed by atoms with Gasteiger partial charge in [0.1, 0.15) is 11.6 Å². The molecule has 3 aromatic rings. The monoisotopic (exact) mass is 417 g/mol. The van der Waals surface area contributed by atoms with Crippen LogP contribution in [0.1, 0.15) is 17.3 Å². The van der Waals surface area contributed by atoms with E-state index in [4.69, 9.17) is 9.72 Å². The fraction of sp³-hybridized carbons (Fsp3) is 0.375. The van der Waals surface area contributed by atoms with Crippen LogP contribution in [0, 0.1) is 5.41 Å². The molecule has 2 fully saturated rings. The standard InChI is InChI=1S/C24H27N5O2/c1-28-13-20(23-25-22(26-27-23)18-8-4-3-5-9-18)24(14-28)15-29(16-24)21(30)12-17-7-6-10-19(11-17)31-2/h3-11,20H,12-16H2,1-2H3,(H,25,26,27). The Labute approximate surface area is 182 Å². The molecule has 1 atom stereocenters. The number of H-pyrrole nitrogens is 1. The average Bonchev–Trinajstić information content (AvgIpc) is 3.38. The smallest absolute Gasteiger partial charge is 0.227 e. The van der Waals surface area contributed by atoms with Crippen molar-refractivity contribution in [3.05, 3.63) is 66.0 Å².